The fourth-order valence-electron chi connectivity index (χ4n) is 2.94. The van der Waals surface area contributed by atoms with E-state index in [1.54, 1.807) is 35.7 Å². The number of carbonyl (C=O) groups excluding carboxylic acids is 1. The van der Waals surface area contributed by atoms with Gasteiger partial charge < -0.3 is 9.62 Å². The summed E-state index contributed by atoms with van der Waals surface area (Å²) in [4.78, 5) is 21.5. The Balaban J connectivity index is 1.53. The predicted molar refractivity (Wildman–Crippen MR) is 123 cm³/mol. The van der Waals surface area contributed by atoms with Crippen molar-refractivity contribution >= 4 is 50.7 Å². The van der Waals surface area contributed by atoms with Gasteiger partial charge in [-0.1, -0.05) is 30.2 Å². The van der Waals surface area contributed by atoms with E-state index in [0.29, 0.717) is 5.56 Å². The minimum Gasteiger partial charge on any atom is -0.322 e. The fraction of sp³-hybridized carbons (Fsp3) is 0.136. The molecule has 0 spiro atoms. The van der Waals surface area contributed by atoms with Crippen LogP contribution in [-0.4, -0.2) is 29.2 Å². The third kappa shape index (κ3) is 4.41. The summed E-state index contributed by atoms with van der Waals surface area (Å²) in [6, 6.07) is 9.58. The molecule has 0 aliphatic heterocycles. The first kappa shape index (κ1) is 19.4. The largest absolute Gasteiger partial charge is 0.322 e. The third-order valence-electron chi connectivity index (χ3n) is 4.57. The highest BCUT2D eigenvalue weighted by molar-refractivity contribution is 7.99. The molecule has 1 aromatic carbocycles. The van der Waals surface area contributed by atoms with E-state index in [2.05, 4.69) is 15.3 Å². The number of anilines is 1. The summed E-state index contributed by atoms with van der Waals surface area (Å²) in [5.41, 5.74) is 4.41. The number of rotatable bonds is 5. The number of aromatic nitrogens is 2. The fourth-order valence-corrected chi connectivity index (χ4v) is 4.23. The normalized spacial score (nSPS) is 13.6. The molecule has 7 heteroatoms. The molecule has 0 unspecified atom stereocenters. The number of thiazole rings is 1. The summed E-state index contributed by atoms with van der Waals surface area (Å²) < 4.78 is 3.14. The third-order valence-corrected chi connectivity index (χ3v) is 6.44. The Morgan fingerprint density at radius 3 is 3.00 bits per heavy atom. The number of benzene rings is 1. The quantitative estimate of drug-likeness (QED) is 0.585. The van der Waals surface area contributed by atoms with Gasteiger partial charge in [0.15, 0.2) is 0 Å². The van der Waals surface area contributed by atoms with Crippen molar-refractivity contribution < 1.29 is 4.79 Å². The first-order valence-corrected chi connectivity index (χ1v) is 11.1. The molecule has 4 rings (SSSR count). The Morgan fingerprint density at radius 2 is 2.17 bits per heavy atom. The standard InChI is InChI=1S/C22H20N4OS2/c1-26(28-2)18-8-4-6-16(13-18)21(27)24-17-7-3-5-15(9-10-17)22-25-19-14-23-12-11-20(19)29-22/h3-4,6-14H,5H2,1-2H3,(H,24,27). The van der Waals surface area contributed by atoms with Gasteiger partial charge in [0.05, 0.1) is 10.9 Å². The van der Waals surface area contributed by atoms with E-state index in [1.165, 1.54) is 0 Å². The maximum atomic E-state index is 12.7. The summed E-state index contributed by atoms with van der Waals surface area (Å²) in [6.45, 7) is 0. The van der Waals surface area contributed by atoms with Gasteiger partial charge in [0.1, 0.15) is 10.5 Å². The molecule has 5 nitrogen and oxygen atoms in total. The zero-order valence-electron chi connectivity index (χ0n) is 16.1. The minimum atomic E-state index is -0.125. The van der Waals surface area contributed by atoms with E-state index in [9.17, 15) is 4.79 Å². The average Bonchev–Trinajstić information content (AvgIpc) is 3.05. The average molecular weight is 421 g/mol. The highest BCUT2D eigenvalue weighted by Crippen LogP contribution is 2.29. The Labute approximate surface area is 178 Å². The second kappa shape index (κ2) is 8.63. The molecule has 0 saturated carbocycles. The molecule has 29 heavy (non-hydrogen) atoms. The summed E-state index contributed by atoms with van der Waals surface area (Å²) in [5.74, 6) is -0.125. The second-order valence-electron chi connectivity index (χ2n) is 6.47. The van der Waals surface area contributed by atoms with E-state index in [-0.39, 0.29) is 5.91 Å². The van der Waals surface area contributed by atoms with Crippen LogP contribution in [0.3, 0.4) is 0 Å². The van der Waals surface area contributed by atoms with Gasteiger partial charge in [-0.25, -0.2) is 4.98 Å². The molecular formula is C22H20N4OS2. The molecule has 0 radical (unpaired) electrons. The van der Waals surface area contributed by atoms with Gasteiger partial charge in [0.2, 0.25) is 0 Å². The van der Waals surface area contributed by atoms with Gasteiger partial charge >= 0.3 is 0 Å². The molecule has 0 bridgehead atoms. The number of amides is 1. The molecule has 1 aliphatic carbocycles. The smallest absolute Gasteiger partial charge is 0.255 e. The van der Waals surface area contributed by atoms with Crippen molar-refractivity contribution in [2.24, 2.45) is 0 Å². The summed E-state index contributed by atoms with van der Waals surface area (Å²) in [5, 5.41) is 3.98. The number of allylic oxidation sites excluding steroid dienone is 5. The van der Waals surface area contributed by atoms with E-state index in [0.717, 1.165) is 38.6 Å². The maximum Gasteiger partial charge on any atom is 0.255 e. The van der Waals surface area contributed by atoms with Gasteiger partial charge in [-0.3, -0.25) is 9.78 Å². The lowest BCUT2D eigenvalue weighted by atomic mass is 10.2. The monoisotopic (exact) mass is 420 g/mol. The van der Waals surface area contributed by atoms with Gasteiger partial charge in [-0.2, -0.15) is 0 Å². The Morgan fingerprint density at radius 1 is 1.28 bits per heavy atom. The molecule has 0 fully saturated rings. The van der Waals surface area contributed by atoms with Crippen LogP contribution >= 0.6 is 23.3 Å². The van der Waals surface area contributed by atoms with Crippen molar-refractivity contribution in [2.45, 2.75) is 6.42 Å². The molecule has 0 saturated heterocycles. The molecular weight excluding hydrogens is 400 g/mol. The van der Waals surface area contributed by atoms with Gasteiger partial charge in [-0.15, -0.1) is 11.3 Å². The lowest BCUT2D eigenvalue weighted by Crippen LogP contribution is -2.22. The predicted octanol–water partition coefficient (Wildman–Crippen LogP) is 5.06. The van der Waals surface area contributed by atoms with Gasteiger partial charge in [0, 0.05) is 36.4 Å². The van der Waals surface area contributed by atoms with E-state index < -0.39 is 0 Å². The molecule has 1 amide bonds. The summed E-state index contributed by atoms with van der Waals surface area (Å²) in [6.07, 6.45) is 14.3. The second-order valence-corrected chi connectivity index (χ2v) is 8.41. The molecule has 2 heterocycles. The summed E-state index contributed by atoms with van der Waals surface area (Å²) in [7, 11) is 1.97. The molecule has 1 N–H and O–H groups in total. The first-order chi connectivity index (χ1) is 14.1. The zero-order valence-corrected chi connectivity index (χ0v) is 17.8. The number of carbonyl (C=O) groups is 1. The molecule has 3 aromatic rings. The van der Waals surface area contributed by atoms with Crippen LogP contribution in [0, 0.1) is 0 Å². The number of hydrogen-bond donors (Lipinski definition) is 1. The van der Waals surface area contributed by atoms with Gasteiger partial charge in [0.25, 0.3) is 5.91 Å². The van der Waals surface area contributed by atoms with E-state index in [4.69, 9.17) is 0 Å². The van der Waals surface area contributed by atoms with Crippen LogP contribution in [0.4, 0.5) is 5.69 Å². The SMILES string of the molecule is CSN(C)c1cccc(C(=O)NC2=CC=C(c3nc4cnccc4s3)CC=C2)c1. The first-order valence-electron chi connectivity index (χ1n) is 9.11. The van der Waals surface area contributed by atoms with Crippen LogP contribution in [0.5, 0.6) is 0 Å². The maximum absolute atomic E-state index is 12.7. The number of pyridine rings is 1. The lowest BCUT2D eigenvalue weighted by Gasteiger charge is -2.16. The van der Waals surface area contributed by atoms with Crippen LogP contribution in [0.2, 0.25) is 0 Å². The van der Waals surface area contributed by atoms with Crippen LogP contribution in [-0.2, 0) is 0 Å². The van der Waals surface area contributed by atoms with Crippen molar-refractivity contribution in [3.05, 3.63) is 83.3 Å². The Kier molecular flexibility index (Phi) is 5.78. The minimum absolute atomic E-state index is 0.125. The van der Waals surface area contributed by atoms with Crippen molar-refractivity contribution in [1.82, 2.24) is 15.3 Å². The van der Waals surface area contributed by atoms with Crippen molar-refractivity contribution in [1.29, 1.82) is 0 Å². The highest BCUT2D eigenvalue weighted by Gasteiger charge is 2.12. The van der Waals surface area contributed by atoms with E-state index >= 15 is 0 Å². The van der Waals surface area contributed by atoms with Crippen molar-refractivity contribution in [3.8, 4) is 0 Å². The summed E-state index contributed by atoms with van der Waals surface area (Å²) >= 11 is 3.25. The van der Waals surface area contributed by atoms with Crippen LogP contribution < -0.4 is 9.62 Å². The number of fused-ring (bicyclic) bond motifs is 1. The number of nitrogens with zero attached hydrogens (tertiary/aromatic N) is 3. The molecule has 2 aromatic heterocycles. The molecule has 1 aliphatic rings. The topological polar surface area (TPSA) is 58.1 Å². The van der Waals surface area contributed by atoms with Gasteiger partial charge in [-0.05, 0) is 48.4 Å². The number of nitrogens with one attached hydrogen (secondary N) is 1. The van der Waals surface area contributed by atoms with Crippen molar-refractivity contribution in [3.63, 3.8) is 0 Å². The van der Waals surface area contributed by atoms with E-state index in [1.807, 2.05) is 72.2 Å². The molecule has 146 valence electrons. The zero-order chi connectivity index (χ0) is 20.2. The number of hydrogen-bond acceptors (Lipinski definition) is 6. The molecule has 0 atom stereocenters. The van der Waals surface area contributed by atoms with Crippen LogP contribution in [0.15, 0.2) is 72.7 Å². The Bertz CT molecular complexity index is 1110. The van der Waals surface area contributed by atoms with Crippen LogP contribution in [0.25, 0.3) is 15.8 Å². The lowest BCUT2D eigenvalue weighted by molar-refractivity contribution is 0.0967. The van der Waals surface area contributed by atoms with Crippen LogP contribution in [0.1, 0.15) is 21.8 Å². The highest BCUT2D eigenvalue weighted by atomic mass is 32.2. The Hall–Kier alpha value is -2.90. The van der Waals surface area contributed by atoms with Crippen molar-refractivity contribution in [2.75, 3.05) is 17.6 Å².